The Labute approximate surface area is 108 Å². The summed E-state index contributed by atoms with van der Waals surface area (Å²) in [4.78, 5) is 25.2. The number of carbonyl (C=O) groups excluding carboxylic acids is 2. The van der Waals surface area contributed by atoms with Gasteiger partial charge >= 0.3 is 6.09 Å². The van der Waals surface area contributed by atoms with Crippen molar-refractivity contribution in [3.8, 4) is 0 Å². The number of amides is 2. The molecule has 2 saturated heterocycles. The fraction of sp³-hybridized carbons (Fsp3) is 0.846. The lowest BCUT2D eigenvalue weighted by atomic mass is 9.79. The van der Waals surface area contributed by atoms with Gasteiger partial charge in [0.05, 0.1) is 0 Å². The Balaban J connectivity index is 1.99. The van der Waals surface area contributed by atoms with Crippen molar-refractivity contribution in [2.24, 2.45) is 5.41 Å². The van der Waals surface area contributed by atoms with Crippen LogP contribution >= 0.6 is 0 Å². The summed E-state index contributed by atoms with van der Waals surface area (Å²) in [5, 5.41) is 2.87. The molecule has 0 saturated carbocycles. The first-order chi connectivity index (χ1) is 8.30. The quantitative estimate of drug-likeness (QED) is 0.713. The number of carbonyl (C=O) groups is 2. The van der Waals surface area contributed by atoms with Crippen LogP contribution in [0.3, 0.4) is 0 Å². The van der Waals surface area contributed by atoms with Crippen LogP contribution in [0.5, 0.6) is 0 Å². The van der Waals surface area contributed by atoms with E-state index in [1.807, 2.05) is 20.8 Å². The molecule has 5 nitrogen and oxygen atoms in total. The van der Waals surface area contributed by atoms with Crippen molar-refractivity contribution in [2.45, 2.75) is 45.6 Å². The van der Waals surface area contributed by atoms with E-state index in [2.05, 4.69) is 5.32 Å². The third kappa shape index (κ3) is 2.94. The summed E-state index contributed by atoms with van der Waals surface area (Å²) >= 11 is 0. The van der Waals surface area contributed by atoms with E-state index in [1.165, 1.54) is 0 Å². The van der Waals surface area contributed by atoms with E-state index in [0.29, 0.717) is 19.5 Å². The minimum Gasteiger partial charge on any atom is -0.444 e. The highest BCUT2D eigenvalue weighted by molar-refractivity contribution is 5.79. The first kappa shape index (κ1) is 13.2. The van der Waals surface area contributed by atoms with Crippen molar-refractivity contribution in [1.29, 1.82) is 0 Å². The van der Waals surface area contributed by atoms with Gasteiger partial charge in [-0.15, -0.1) is 0 Å². The molecular weight excluding hydrogens is 232 g/mol. The van der Waals surface area contributed by atoms with Crippen LogP contribution in [0, 0.1) is 5.41 Å². The molecule has 5 heteroatoms. The molecule has 2 fully saturated rings. The zero-order valence-electron chi connectivity index (χ0n) is 11.4. The first-order valence-electron chi connectivity index (χ1n) is 6.54. The molecule has 0 aromatic rings. The second-order valence-electron chi connectivity index (χ2n) is 6.46. The second-order valence-corrected chi connectivity index (χ2v) is 6.46. The minimum absolute atomic E-state index is 0.0633. The Morgan fingerprint density at radius 2 is 2.17 bits per heavy atom. The van der Waals surface area contributed by atoms with Crippen LogP contribution in [0.15, 0.2) is 0 Å². The van der Waals surface area contributed by atoms with Crippen molar-refractivity contribution >= 4 is 12.0 Å². The van der Waals surface area contributed by atoms with E-state index in [4.69, 9.17) is 4.74 Å². The summed E-state index contributed by atoms with van der Waals surface area (Å²) in [6.45, 7) is 7.64. The first-order valence-corrected chi connectivity index (χ1v) is 6.54. The molecule has 0 aromatic carbocycles. The Hall–Kier alpha value is -1.26. The topological polar surface area (TPSA) is 58.6 Å². The maximum absolute atomic E-state index is 12.0. The van der Waals surface area contributed by atoms with Gasteiger partial charge in [0.2, 0.25) is 5.91 Å². The lowest BCUT2D eigenvalue weighted by Gasteiger charge is -2.39. The van der Waals surface area contributed by atoms with Crippen LogP contribution in [-0.2, 0) is 9.53 Å². The van der Waals surface area contributed by atoms with Crippen molar-refractivity contribution in [1.82, 2.24) is 10.2 Å². The maximum atomic E-state index is 12.0. The SMILES string of the molecule is CC(C)(C)OC(=O)N1CCC[C@]2(CNC(=O)C2)C1. The zero-order chi connectivity index (χ0) is 13.4. The lowest BCUT2D eigenvalue weighted by molar-refractivity contribution is -0.120. The number of hydrogen-bond acceptors (Lipinski definition) is 3. The average Bonchev–Trinajstić information content (AvgIpc) is 2.57. The Morgan fingerprint density at radius 3 is 2.72 bits per heavy atom. The third-order valence-corrected chi connectivity index (χ3v) is 3.51. The maximum Gasteiger partial charge on any atom is 0.410 e. The average molecular weight is 254 g/mol. The Bertz CT molecular complexity index is 362. The molecule has 2 rings (SSSR count). The van der Waals surface area contributed by atoms with E-state index in [1.54, 1.807) is 4.90 Å². The number of piperidine rings is 1. The van der Waals surface area contributed by atoms with Crippen LogP contribution in [0.4, 0.5) is 4.79 Å². The minimum atomic E-state index is -0.467. The third-order valence-electron chi connectivity index (χ3n) is 3.51. The molecule has 2 amide bonds. The number of hydrogen-bond donors (Lipinski definition) is 1. The molecule has 102 valence electrons. The van der Waals surface area contributed by atoms with Gasteiger partial charge in [0.1, 0.15) is 5.60 Å². The van der Waals surface area contributed by atoms with Crippen LogP contribution in [0.2, 0.25) is 0 Å². The van der Waals surface area contributed by atoms with Crippen LogP contribution < -0.4 is 5.32 Å². The highest BCUT2D eigenvalue weighted by Gasteiger charge is 2.43. The van der Waals surface area contributed by atoms with E-state index in [-0.39, 0.29) is 17.4 Å². The van der Waals surface area contributed by atoms with E-state index in [9.17, 15) is 9.59 Å². The zero-order valence-corrected chi connectivity index (χ0v) is 11.4. The molecule has 1 atom stereocenters. The monoisotopic (exact) mass is 254 g/mol. The fourth-order valence-corrected chi connectivity index (χ4v) is 2.73. The van der Waals surface area contributed by atoms with Crippen molar-refractivity contribution in [2.75, 3.05) is 19.6 Å². The number of ether oxygens (including phenoxy) is 1. The summed E-state index contributed by atoms with van der Waals surface area (Å²) in [6, 6.07) is 0. The molecule has 0 bridgehead atoms. The number of nitrogens with zero attached hydrogens (tertiary/aromatic N) is 1. The Morgan fingerprint density at radius 1 is 1.44 bits per heavy atom. The van der Waals surface area contributed by atoms with Gasteiger partial charge in [0.25, 0.3) is 0 Å². The molecule has 2 aliphatic rings. The molecule has 18 heavy (non-hydrogen) atoms. The predicted octanol–water partition coefficient (Wildman–Crippen LogP) is 1.52. The van der Waals surface area contributed by atoms with E-state index < -0.39 is 5.60 Å². The lowest BCUT2D eigenvalue weighted by Crippen LogP contribution is -2.48. The highest BCUT2D eigenvalue weighted by Crippen LogP contribution is 2.36. The number of rotatable bonds is 0. The van der Waals surface area contributed by atoms with Crippen molar-refractivity contribution in [3.63, 3.8) is 0 Å². The molecule has 0 radical (unpaired) electrons. The highest BCUT2D eigenvalue weighted by atomic mass is 16.6. The molecule has 2 heterocycles. The number of nitrogens with one attached hydrogen (secondary N) is 1. The van der Waals surface area contributed by atoms with Crippen LogP contribution in [0.1, 0.15) is 40.0 Å². The van der Waals surface area contributed by atoms with Crippen LogP contribution in [-0.4, -0.2) is 42.1 Å². The summed E-state index contributed by atoms with van der Waals surface area (Å²) < 4.78 is 5.39. The van der Waals surface area contributed by atoms with Gasteiger partial charge in [-0.1, -0.05) is 0 Å². The summed E-state index contributed by atoms with van der Waals surface area (Å²) in [5.74, 6) is 0.0982. The number of likely N-dealkylation sites (tertiary alicyclic amines) is 1. The van der Waals surface area contributed by atoms with Crippen molar-refractivity contribution in [3.05, 3.63) is 0 Å². The van der Waals surface area contributed by atoms with Gasteiger partial charge in [-0.2, -0.15) is 0 Å². The van der Waals surface area contributed by atoms with Crippen LogP contribution in [0.25, 0.3) is 0 Å². The smallest absolute Gasteiger partial charge is 0.410 e. The molecule has 0 unspecified atom stereocenters. The molecule has 1 spiro atoms. The molecule has 1 N–H and O–H groups in total. The molecule has 0 aromatic heterocycles. The van der Waals surface area contributed by atoms with Gasteiger partial charge < -0.3 is 15.0 Å². The molecule has 2 aliphatic heterocycles. The normalized spacial score (nSPS) is 28.4. The summed E-state index contributed by atoms with van der Waals surface area (Å²) in [7, 11) is 0. The van der Waals surface area contributed by atoms with Gasteiger partial charge in [-0.05, 0) is 33.6 Å². The molecular formula is C13H22N2O3. The summed E-state index contributed by atoms with van der Waals surface area (Å²) in [5.41, 5.74) is -0.530. The largest absolute Gasteiger partial charge is 0.444 e. The van der Waals surface area contributed by atoms with Crippen molar-refractivity contribution < 1.29 is 14.3 Å². The fourth-order valence-electron chi connectivity index (χ4n) is 2.73. The van der Waals surface area contributed by atoms with E-state index in [0.717, 1.165) is 19.4 Å². The standard InChI is InChI=1S/C13H22N2O3/c1-12(2,3)18-11(17)15-6-4-5-13(9-15)7-10(16)14-8-13/h4-9H2,1-3H3,(H,14,16)/t13-/m0/s1. The molecule has 0 aliphatic carbocycles. The van der Waals surface area contributed by atoms with Gasteiger partial charge in [-0.25, -0.2) is 4.79 Å². The van der Waals surface area contributed by atoms with Gasteiger partial charge in [-0.3, -0.25) is 4.79 Å². The second kappa shape index (κ2) is 4.44. The summed E-state index contributed by atoms with van der Waals surface area (Å²) in [6.07, 6.45) is 2.21. The van der Waals surface area contributed by atoms with Gasteiger partial charge in [0.15, 0.2) is 0 Å². The van der Waals surface area contributed by atoms with E-state index >= 15 is 0 Å². The van der Waals surface area contributed by atoms with Gasteiger partial charge in [0, 0.05) is 31.5 Å². The predicted molar refractivity (Wildman–Crippen MR) is 67.1 cm³/mol. The Kier molecular flexibility index (Phi) is 3.25.